The van der Waals surface area contributed by atoms with E-state index in [4.69, 9.17) is 21.7 Å². The van der Waals surface area contributed by atoms with Crippen molar-refractivity contribution in [2.24, 2.45) is 0 Å². The first-order valence-electron chi connectivity index (χ1n) is 8.72. The quantitative estimate of drug-likeness (QED) is 0.448. The second-order valence-corrected chi connectivity index (χ2v) is 6.43. The number of methoxy groups -OCH3 is 1. The van der Waals surface area contributed by atoms with Crippen LogP contribution in [0.25, 0.3) is 5.69 Å². The highest BCUT2D eigenvalue weighted by molar-refractivity contribution is 7.71. The highest BCUT2D eigenvalue weighted by Crippen LogP contribution is 2.32. The molecule has 0 spiro atoms. The molecule has 4 rings (SSSR count). The van der Waals surface area contributed by atoms with Crippen molar-refractivity contribution in [2.45, 2.75) is 13.5 Å². The molecule has 4 aromatic rings. The Morgan fingerprint density at radius 3 is 2.69 bits per heavy atom. The average Bonchev–Trinajstić information content (AvgIpc) is 3.34. The Morgan fingerprint density at radius 1 is 1.14 bits per heavy atom. The van der Waals surface area contributed by atoms with Crippen molar-refractivity contribution in [1.29, 1.82) is 0 Å². The lowest BCUT2D eigenvalue weighted by Gasteiger charge is -2.13. The fraction of sp³-hybridized carbons (Fsp3) is 0.167. The third kappa shape index (κ3) is 3.94. The van der Waals surface area contributed by atoms with Gasteiger partial charge in [0.25, 0.3) is 0 Å². The summed E-state index contributed by atoms with van der Waals surface area (Å²) in [5.41, 5.74) is 4.97. The summed E-state index contributed by atoms with van der Waals surface area (Å²) in [5.74, 6) is 1.80. The zero-order valence-electron chi connectivity index (χ0n) is 15.7. The molecule has 0 radical (unpaired) electrons. The van der Waals surface area contributed by atoms with E-state index in [1.807, 2.05) is 49.4 Å². The zero-order valence-corrected chi connectivity index (χ0v) is 16.6. The molecule has 0 unspecified atom stereocenters. The minimum Gasteiger partial charge on any atom is -0.493 e. The number of para-hydroxylation sites is 1. The molecule has 0 aliphatic carbocycles. The van der Waals surface area contributed by atoms with Crippen molar-refractivity contribution in [3.05, 3.63) is 64.7 Å². The van der Waals surface area contributed by atoms with Crippen molar-refractivity contribution in [3.63, 3.8) is 0 Å². The van der Waals surface area contributed by atoms with Gasteiger partial charge in [-0.2, -0.15) is 9.78 Å². The van der Waals surface area contributed by atoms with Crippen LogP contribution in [0.15, 0.2) is 48.5 Å². The van der Waals surface area contributed by atoms with Crippen LogP contribution < -0.4 is 14.9 Å². The largest absolute Gasteiger partial charge is 0.493 e. The van der Waals surface area contributed by atoms with Gasteiger partial charge in [0, 0.05) is 0 Å². The van der Waals surface area contributed by atoms with Gasteiger partial charge in [-0.1, -0.05) is 29.4 Å². The van der Waals surface area contributed by atoms with Crippen LogP contribution >= 0.6 is 12.2 Å². The highest BCUT2D eigenvalue weighted by Gasteiger charge is 2.14. The van der Waals surface area contributed by atoms with Crippen LogP contribution in [0.2, 0.25) is 0 Å². The molecule has 0 saturated carbocycles. The highest BCUT2D eigenvalue weighted by atomic mass is 32.1. The SMILES string of the molecule is COc1cc(CNn2c(C)n[nH]c2=S)ccc1Oc1nnnn1-c1ccccc1. The van der Waals surface area contributed by atoms with E-state index in [1.165, 1.54) is 4.68 Å². The normalized spacial score (nSPS) is 10.7. The maximum atomic E-state index is 5.91. The second-order valence-electron chi connectivity index (χ2n) is 6.04. The molecule has 2 N–H and O–H groups in total. The third-order valence-corrected chi connectivity index (χ3v) is 4.43. The Bertz CT molecular complexity index is 1170. The summed E-state index contributed by atoms with van der Waals surface area (Å²) in [7, 11) is 1.58. The molecule has 11 heteroatoms. The molecule has 0 fully saturated rings. The smallest absolute Gasteiger partial charge is 0.346 e. The van der Waals surface area contributed by atoms with Crippen molar-refractivity contribution < 1.29 is 9.47 Å². The molecule has 0 amide bonds. The monoisotopic (exact) mass is 410 g/mol. The number of tetrazole rings is 1. The van der Waals surface area contributed by atoms with Crippen LogP contribution in [0.5, 0.6) is 17.5 Å². The van der Waals surface area contributed by atoms with E-state index in [2.05, 4.69) is 31.1 Å². The summed E-state index contributed by atoms with van der Waals surface area (Å²) in [4.78, 5) is 0. The standard InChI is InChI=1S/C18H18N8O2S/c1-12-20-22-18(29)25(12)19-11-13-8-9-15(16(10-13)27-2)28-17-21-23-24-26(17)14-6-4-3-5-7-14/h3-10,19H,11H2,1-2H3,(H,22,29). The molecule has 10 nitrogen and oxygen atoms in total. The van der Waals surface area contributed by atoms with Crippen LogP contribution in [0, 0.1) is 11.7 Å². The number of aromatic amines is 1. The average molecular weight is 410 g/mol. The van der Waals surface area contributed by atoms with Crippen molar-refractivity contribution >= 4 is 12.2 Å². The first kappa shape index (κ1) is 18.6. The van der Waals surface area contributed by atoms with Gasteiger partial charge in [0.15, 0.2) is 11.5 Å². The first-order chi connectivity index (χ1) is 14.2. The molecule has 0 aliphatic heterocycles. The Labute approximate surface area is 171 Å². The van der Waals surface area contributed by atoms with Gasteiger partial charge in [0.1, 0.15) is 5.82 Å². The number of benzene rings is 2. The van der Waals surface area contributed by atoms with Crippen molar-refractivity contribution in [2.75, 3.05) is 12.5 Å². The number of ether oxygens (including phenoxy) is 2. The van der Waals surface area contributed by atoms with Crippen LogP contribution in [-0.4, -0.2) is 42.2 Å². The van der Waals surface area contributed by atoms with Crippen LogP contribution in [0.4, 0.5) is 0 Å². The van der Waals surface area contributed by atoms with E-state index in [1.54, 1.807) is 17.9 Å². The number of hydrogen-bond donors (Lipinski definition) is 2. The number of aryl methyl sites for hydroxylation is 1. The summed E-state index contributed by atoms with van der Waals surface area (Å²) in [6.45, 7) is 2.38. The molecule has 0 bridgehead atoms. The maximum Gasteiger partial charge on any atom is 0.346 e. The van der Waals surface area contributed by atoms with Crippen LogP contribution in [0.3, 0.4) is 0 Å². The fourth-order valence-corrected chi connectivity index (χ4v) is 2.95. The molecule has 2 aromatic carbocycles. The van der Waals surface area contributed by atoms with Gasteiger partial charge < -0.3 is 14.9 Å². The van der Waals surface area contributed by atoms with Gasteiger partial charge >= 0.3 is 6.01 Å². The van der Waals surface area contributed by atoms with Crippen LogP contribution in [0.1, 0.15) is 11.4 Å². The van der Waals surface area contributed by atoms with E-state index < -0.39 is 0 Å². The third-order valence-electron chi connectivity index (χ3n) is 4.15. The number of rotatable bonds is 7. The molecular weight excluding hydrogens is 392 g/mol. The Kier molecular flexibility index (Phi) is 5.20. The van der Waals surface area contributed by atoms with Gasteiger partial charge in [-0.3, -0.25) is 5.10 Å². The lowest BCUT2D eigenvalue weighted by atomic mass is 10.2. The summed E-state index contributed by atoms with van der Waals surface area (Å²) in [6.07, 6.45) is 0. The Hall–Kier alpha value is -3.73. The lowest BCUT2D eigenvalue weighted by Crippen LogP contribution is -2.16. The van der Waals surface area contributed by atoms with Gasteiger partial charge in [-0.15, -0.1) is 0 Å². The summed E-state index contributed by atoms with van der Waals surface area (Å²) < 4.78 is 15.1. The first-order valence-corrected chi connectivity index (χ1v) is 9.13. The predicted octanol–water partition coefficient (Wildman–Crippen LogP) is 2.77. The lowest BCUT2D eigenvalue weighted by molar-refractivity contribution is 0.363. The van der Waals surface area contributed by atoms with Crippen molar-refractivity contribution in [1.82, 2.24) is 35.1 Å². The Morgan fingerprint density at radius 2 is 1.97 bits per heavy atom. The Balaban J connectivity index is 1.54. The van der Waals surface area contributed by atoms with Crippen molar-refractivity contribution in [3.8, 4) is 23.2 Å². The number of aromatic nitrogens is 7. The molecule has 0 saturated heterocycles. The van der Waals surface area contributed by atoms with E-state index in [0.29, 0.717) is 22.8 Å². The van der Waals surface area contributed by atoms with E-state index in [9.17, 15) is 0 Å². The van der Waals surface area contributed by atoms with E-state index >= 15 is 0 Å². The van der Waals surface area contributed by atoms with Gasteiger partial charge in [0.05, 0.1) is 19.3 Å². The molecule has 148 valence electrons. The number of H-pyrrole nitrogens is 1. The molecular formula is C18H18N8O2S. The minimum absolute atomic E-state index is 0.237. The second kappa shape index (κ2) is 8.10. The van der Waals surface area contributed by atoms with Crippen LogP contribution in [-0.2, 0) is 6.54 Å². The molecule has 29 heavy (non-hydrogen) atoms. The van der Waals surface area contributed by atoms with Gasteiger partial charge in [-0.25, -0.2) is 4.68 Å². The van der Waals surface area contributed by atoms with E-state index in [0.717, 1.165) is 17.1 Å². The maximum absolute atomic E-state index is 5.91. The predicted molar refractivity (Wildman–Crippen MR) is 107 cm³/mol. The zero-order chi connectivity index (χ0) is 20.2. The molecule has 2 heterocycles. The minimum atomic E-state index is 0.237. The fourth-order valence-electron chi connectivity index (χ4n) is 2.71. The number of hydrogen-bond acceptors (Lipinski definition) is 8. The van der Waals surface area contributed by atoms with Gasteiger partial charge in [0.2, 0.25) is 4.77 Å². The summed E-state index contributed by atoms with van der Waals surface area (Å²) in [5, 5.41) is 18.5. The van der Waals surface area contributed by atoms with E-state index in [-0.39, 0.29) is 6.01 Å². The number of nitrogens with zero attached hydrogens (tertiary/aromatic N) is 6. The van der Waals surface area contributed by atoms with Gasteiger partial charge in [-0.05, 0) is 59.4 Å². The summed E-state index contributed by atoms with van der Waals surface area (Å²) >= 11 is 5.19. The topological polar surface area (TPSA) is 108 Å². The molecule has 0 aliphatic rings. The number of nitrogens with one attached hydrogen (secondary N) is 2. The molecule has 2 aromatic heterocycles. The summed E-state index contributed by atoms with van der Waals surface area (Å²) in [6, 6.07) is 15.3. The molecule has 0 atom stereocenters.